The summed E-state index contributed by atoms with van der Waals surface area (Å²) in [6.07, 6.45) is 0. The number of amides is 1. The van der Waals surface area contributed by atoms with Crippen molar-refractivity contribution in [1.29, 1.82) is 0 Å². The lowest BCUT2D eigenvalue weighted by Gasteiger charge is -2.02. The molecule has 0 saturated heterocycles. The van der Waals surface area contributed by atoms with E-state index in [-0.39, 0.29) is 18.0 Å². The fraction of sp³-hybridized carbons (Fsp3) is 0.118. The summed E-state index contributed by atoms with van der Waals surface area (Å²) >= 11 is 0. The van der Waals surface area contributed by atoms with E-state index in [0.29, 0.717) is 11.6 Å². The van der Waals surface area contributed by atoms with Crippen LogP contribution in [0.5, 0.6) is 5.75 Å². The second kappa shape index (κ2) is 6.91. The number of halogens is 1. The molecule has 3 aromatic rings. The van der Waals surface area contributed by atoms with Gasteiger partial charge in [-0.1, -0.05) is 23.4 Å². The summed E-state index contributed by atoms with van der Waals surface area (Å²) in [6, 6.07) is 12.6. The number of aromatic nitrogens is 2. The van der Waals surface area contributed by atoms with E-state index >= 15 is 0 Å². The molecule has 0 radical (unpaired) electrons. The minimum absolute atomic E-state index is 0.0479. The zero-order valence-corrected chi connectivity index (χ0v) is 12.8. The van der Waals surface area contributed by atoms with Gasteiger partial charge in [0.1, 0.15) is 11.6 Å². The van der Waals surface area contributed by atoms with Crippen LogP contribution in [0.25, 0.3) is 11.4 Å². The van der Waals surface area contributed by atoms with E-state index in [1.807, 2.05) is 18.2 Å². The summed E-state index contributed by atoms with van der Waals surface area (Å²) in [6.45, 7) is 0.0479. The van der Waals surface area contributed by atoms with Gasteiger partial charge in [0.15, 0.2) is 0 Å². The van der Waals surface area contributed by atoms with Gasteiger partial charge in [0, 0.05) is 11.1 Å². The Morgan fingerprint density at radius 1 is 1.25 bits per heavy atom. The summed E-state index contributed by atoms with van der Waals surface area (Å²) in [4.78, 5) is 16.2. The van der Waals surface area contributed by atoms with Crippen LogP contribution in [0.2, 0.25) is 0 Å². The first-order chi connectivity index (χ1) is 11.7. The first-order valence-electron chi connectivity index (χ1n) is 7.16. The van der Waals surface area contributed by atoms with E-state index in [1.165, 1.54) is 18.2 Å². The Balaban J connectivity index is 1.67. The first kappa shape index (κ1) is 15.7. The fourth-order valence-corrected chi connectivity index (χ4v) is 2.09. The van der Waals surface area contributed by atoms with Crippen molar-refractivity contribution in [3.8, 4) is 17.1 Å². The summed E-state index contributed by atoms with van der Waals surface area (Å²) in [5.41, 5.74) is 0.961. The van der Waals surface area contributed by atoms with Crippen LogP contribution < -0.4 is 10.1 Å². The molecule has 0 fully saturated rings. The Morgan fingerprint density at radius 2 is 2.08 bits per heavy atom. The molecule has 1 N–H and O–H groups in total. The number of carbonyl (C=O) groups is 1. The van der Waals surface area contributed by atoms with Crippen molar-refractivity contribution in [3.63, 3.8) is 0 Å². The number of hydrogen-bond donors (Lipinski definition) is 1. The number of benzene rings is 2. The molecule has 1 amide bonds. The zero-order valence-electron chi connectivity index (χ0n) is 12.8. The van der Waals surface area contributed by atoms with Gasteiger partial charge in [0.2, 0.25) is 11.7 Å². The quantitative estimate of drug-likeness (QED) is 0.780. The van der Waals surface area contributed by atoms with Gasteiger partial charge in [-0.3, -0.25) is 4.79 Å². The van der Waals surface area contributed by atoms with Crippen molar-refractivity contribution in [2.24, 2.45) is 0 Å². The predicted molar refractivity (Wildman–Crippen MR) is 83.9 cm³/mol. The van der Waals surface area contributed by atoms with Gasteiger partial charge < -0.3 is 14.6 Å². The number of hydrogen-bond acceptors (Lipinski definition) is 5. The predicted octanol–water partition coefficient (Wildman–Crippen LogP) is 2.81. The van der Waals surface area contributed by atoms with Crippen molar-refractivity contribution >= 4 is 5.91 Å². The molecule has 24 heavy (non-hydrogen) atoms. The SMILES string of the molecule is COc1cccc(-c2noc(CNC(=O)c3cccc(F)c3)n2)c1. The molecule has 0 spiro atoms. The molecule has 3 rings (SSSR count). The van der Waals surface area contributed by atoms with Crippen molar-refractivity contribution in [2.75, 3.05) is 7.11 Å². The van der Waals surface area contributed by atoms with Crippen molar-refractivity contribution in [3.05, 3.63) is 65.8 Å². The van der Waals surface area contributed by atoms with Crippen molar-refractivity contribution in [1.82, 2.24) is 15.5 Å². The molecule has 0 atom stereocenters. The maximum atomic E-state index is 13.1. The van der Waals surface area contributed by atoms with Crippen molar-refractivity contribution < 1.29 is 18.4 Å². The standard InChI is InChI=1S/C17H14FN3O3/c1-23-14-7-3-4-11(9-14)16-20-15(24-21-16)10-19-17(22)12-5-2-6-13(18)8-12/h2-9H,10H2,1H3,(H,19,22). The first-order valence-corrected chi connectivity index (χ1v) is 7.16. The molecule has 0 aliphatic rings. The maximum absolute atomic E-state index is 13.1. The normalized spacial score (nSPS) is 10.4. The van der Waals surface area contributed by atoms with Gasteiger partial charge in [-0.2, -0.15) is 4.98 Å². The zero-order chi connectivity index (χ0) is 16.9. The number of nitrogens with zero attached hydrogens (tertiary/aromatic N) is 2. The Kier molecular flexibility index (Phi) is 4.51. The van der Waals surface area contributed by atoms with E-state index in [9.17, 15) is 9.18 Å². The van der Waals surface area contributed by atoms with Gasteiger partial charge in [0.05, 0.1) is 13.7 Å². The Labute approximate surface area is 137 Å². The Hall–Kier alpha value is -3.22. The van der Waals surface area contributed by atoms with Gasteiger partial charge in [0.25, 0.3) is 5.91 Å². The fourth-order valence-electron chi connectivity index (χ4n) is 2.09. The molecule has 1 heterocycles. The van der Waals surface area contributed by atoms with Gasteiger partial charge in [-0.25, -0.2) is 4.39 Å². The minimum atomic E-state index is -0.472. The van der Waals surface area contributed by atoms with Crippen LogP contribution in [-0.4, -0.2) is 23.2 Å². The molecule has 0 unspecified atom stereocenters. The van der Waals surface area contributed by atoms with Crippen LogP contribution in [-0.2, 0) is 6.54 Å². The van der Waals surface area contributed by atoms with E-state index in [2.05, 4.69) is 15.5 Å². The molecule has 2 aromatic carbocycles. The van der Waals surface area contributed by atoms with Crippen molar-refractivity contribution in [2.45, 2.75) is 6.54 Å². The lowest BCUT2D eigenvalue weighted by Crippen LogP contribution is -2.23. The molecule has 0 aliphatic heterocycles. The molecule has 0 aliphatic carbocycles. The Morgan fingerprint density at radius 3 is 2.88 bits per heavy atom. The third-order valence-electron chi connectivity index (χ3n) is 3.28. The van der Waals surface area contributed by atoms with Gasteiger partial charge in [-0.15, -0.1) is 0 Å². The lowest BCUT2D eigenvalue weighted by molar-refractivity contribution is 0.0946. The van der Waals surface area contributed by atoms with Crippen LogP contribution in [0.4, 0.5) is 4.39 Å². The highest BCUT2D eigenvalue weighted by Crippen LogP contribution is 2.21. The topological polar surface area (TPSA) is 77.3 Å². The second-order valence-electron chi connectivity index (χ2n) is 4.94. The monoisotopic (exact) mass is 327 g/mol. The van der Waals surface area contributed by atoms with Crippen LogP contribution >= 0.6 is 0 Å². The Bertz CT molecular complexity index is 864. The largest absolute Gasteiger partial charge is 0.497 e. The molecule has 7 heteroatoms. The smallest absolute Gasteiger partial charge is 0.251 e. The van der Waals surface area contributed by atoms with E-state index < -0.39 is 11.7 Å². The molecule has 0 bridgehead atoms. The minimum Gasteiger partial charge on any atom is -0.497 e. The third kappa shape index (κ3) is 3.57. The van der Waals surface area contributed by atoms with Crippen LogP contribution in [0.15, 0.2) is 53.1 Å². The summed E-state index contributed by atoms with van der Waals surface area (Å²) in [5, 5.41) is 6.48. The summed E-state index contributed by atoms with van der Waals surface area (Å²) < 4.78 is 23.4. The highest BCUT2D eigenvalue weighted by atomic mass is 19.1. The number of rotatable bonds is 5. The van der Waals surface area contributed by atoms with Crippen LogP contribution in [0, 0.1) is 5.82 Å². The van der Waals surface area contributed by atoms with E-state index in [4.69, 9.17) is 9.26 Å². The molecule has 122 valence electrons. The average molecular weight is 327 g/mol. The molecule has 1 aromatic heterocycles. The molecule has 0 saturated carbocycles. The highest BCUT2D eigenvalue weighted by Gasteiger charge is 2.12. The number of ether oxygens (including phenoxy) is 1. The number of methoxy groups -OCH3 is 1. The average Bonchev–Trinajstić information content (AvgIpc) is 3.09. The lowest BCUT2D eigenvalue weighted by atomic mass is 10.2. The number of nitrogens with one attached hydrogen (secondary N) is 1. The molecular weight excluding hydrogens is 313 g/mol. The summed E-state index contributed by atoms with van der Waals surface area (Å²) in [5.74, 6) is 0.427. The van der Waals surface area contributed by atoms with Gasteiger partial charge in [-0.05, 0) is 30.3 Å². The van der Waals surface area contributed by atoms with Crippen LogP contribution in [0.1, 0.15) is 16.2 Å². The molecular formula is C17H14FN3O3. The van der Waals surface area contributed by atoms with E-state index in [1.54, 1.807) is 13.2 Å². The second-order valence-corrected chi connectivity index (χ2v) is 4.94. The number of carbonyl (C=O) groups excluding carboxylic acids is 1. The highest BCUT2D eigenvalue weighted by molar-refractivity contribution is 5.94. The molecule has 6 nitrogen and oxygen atoms in total. The third-order valence-corrected chi connectivity index (χ3v) is 3.28. The van der Waals surface area contributed by atoms with E-state index in [0.717, 1.165) is 11.6 Å². The summed E-state index contributed by atoms with van der Waals surface area (Å²) in [7, 11) is 1.57. The van der Waals surface area contributed by atoms with Crippen LogP contribution in [0.3, 0.4) is 0 Å². The maximum Gasteiger partial charge on any atom is 0.251 e. The van der Waals surface area contributed by atoms with Gasteiger partial charge >= 0.3 is 0 Å².